The molecular weight excluding hydrogens is 321 g/mol. The Morgan fingerprint density at radius 1 is 1.27 bits per heavy atom. The van der Waals surface area contributed by atoms with Crippen LogP contribution in [0.5, 0.6) is 0 Å². The van der Waals surface area contributed by atoms with Gasteiger partial charge in [0.1, 0.15) is 5.82 Å². The van der Waals surface area contributed by atoms with Gasteiger partial charge in [-0.3, -0.25) is 4.79 Å². The van der Waals surface area contributed by atoms with Crippen LogP contribution in [-0.2, 0) is 11.2 Å². The minimum atomic E-state index is -0.280. The van der Waals surface area contributed by atoms with Gasteiger partial charge in [-0.05, 0) is 35.6 Å². The molecule has 0 radical (unpaired) electrons. The summed E-state index contributed by atoms with van der Waals surface area (Å²) in [5.74, 6) is -0.378. The van der Waals surface area contributed by atoms with Crippen LogP contribution in [-0.4, -0.2) is 22.5 Å². The number of rotatable bonds is 4. The molecule has 0 saturated carbocycles. The monoisotopic (exact) mass is 333 g/mol. The fourth-order valence-corrected chi connectivity index (χ4v) is 3.47. The maximum atomic E-state index is 12.9. The molecule has 0 aliphatic carbocycles. The summed E-state index contributed by atoms with van der Waals surface area (Å²) >= 11 is 2.91. The summed E-state index contributed by atoms with van der Waals surface area (Å²) in [6.07, 6.45) is 2.18. The van der Waals surface area contributed by atoms with Gasteiger partial charge in [-0.1, -0.05) is 30.0 Å². The second-order valence-corrected chi connectivity index (χ2v) is 6.76. The largest absolute Gasteiger partial charge is 0.303 e. The summed E-state index contributed by atoms with van der Waals surface area (Å²) in [6.45, 7) is 0. The lowest BCUT2D eigenvalue weighted by atomic mass is 10.1. The van der Waals surface area contributed by atoms with Crippen LogP contribution in [0.4, 0.5) is 4.39 Å². The van der Waals surface area contributed by atoms with Crippen LogP contribution in [0, 0.1) is 5.82 Å². The van der Waals surface area contributed by atoms with Crippen molar-refractivity contribution in [3.8, 4) is 0 Å². The second kappa shape index (κ2) is 6.85. The number of amides is 1. The van der Waals surface area contributed by atoms with E-state index in [2.05, 4.69) is 15.5 Å². The summed E-state index contributed by atoms with van der Waals surface area (Å²) < 4.78 is 12.9. The van der Waals surface area contributed by atoms with Gasteiger partial charge in [0.15, 0.2) is 5.17 Å². The number of carbonyl (C=O) groups excluding carboxylic acids is 1. The Balaban J connectivity index is 1.61. The first kappa shape index (κ1) is 14.9. The molecule has 2 heterocycles. The van der Waals surface area contributed by atoms with Crippen molar-refractivity contribution < 1.29 is 9.18 Å². The smallest absolute Gasteiger partial charge is 0.239 e. The number of carbonyl (C=O) groups is 1. The number of thiophene rings is 1. The maximum Gasteiger partial charge on any atom is 0.239 e. The normalized spacial score (nSPS) is 20.0. The van der Waals surface area contributed by atoms with E-state index in [0.717, 1.165) is 10.4 Å². The Bertz CT molecular complexity index is 711. The van der Waals surface area contributed by atoms with Crippen molar-refractivity contribution in [3.63, 3.8) is 0 Å². The highest BCUT2D eigenvalue weighted by Gasteiger charge is 2.30. The lowest BCUT2D eigenvalue weighted by Crippen LogP contribution is -2.25. The van der Waals surface area contributed by atoms with Gasteiger partial charge in [0.2, 0.25) is 5.91 Å². The zero-order valence-corrected chi connectivity index (χ0v) is 13.0. The molecule has 0 spiro atoms. The number of amidine groups is 1. The van der Waals surface area contributed by atoms with Crippen molar-refractivity contribution in [3.05, 3.63) is 58.0 Å². The molecule has 22 heavy (non-hydrogen) atoms. The van der Waals surface area contributed by atoms with Gasteiger partial charge in [-0.25, -0.2) is 4.39 Å². The van der Waals surface area contributed by atoms with Gasteiger partial charge >= 0.3 is 0 Å². The number of thioether (sulfide) groups is 1. The molecule has 1 N–H and O–H groups in total. The zero-order chi connectivity index (χ0) is 15.4. The molecule has 1 saturated heterocycles. The van der Waals surface area contributed by atoms with E-state index in [1.54, 1.807) is 29.7 Å². The highest BCUT2D eigenvalue weighted by Crippen LogP contribution is 2.23. The van der Waals surface area contributed by atoms with E-state index in [1.165, 1.54) is 23.9 Å². The van der Waals surface area contributed by atoms with Gasteiger partial charge in [0, 0.05) is 4.88 Å². The summed E-state index contributed by atoms with van der Waals surface area (Å²) in [4.78, 5) is 12.9. The molecule has 1 amide bonds. The number of hydrogen-bond acceptors (Lipinski definition) is 5. The number of benzene rings is 1. The molecule has 1 atom stereocenters. The Hall–Kier alpha value is -1.99. The Morgan fingerprint density at radius 2 is 2.09 bits per heavy atom. The van der Waals surface area contributed by atoms with Gasteiger partial charge in [0.05, 0.1) is 11.5 Å². The summed E-state index contributed by atoms with van der Waals surface area (Å²) in [5, 5.41) is 12.9. The third kappa shape index (κ3) is 3.80. The van der Waals surface area contributed by atoms with Gasteiger partial charge in [0.25, 0.3) is 0 Å². The van der Waals surface area contributed by atoms with Gasteiger partial charge < -0.3 is 5.32 Å². The minimum Gasteiger partial charge on any atom is -0.303 e. The molecule has 112 valence electrons. The van der Waals surface area contributed by atoms with Crippen LogP contribution in [0.3, 0.4) is 0 Å². The highest BCUT2D eigenvalue weighted by molar-refractivity contribution is 8.15. The molecule has 0 bridgehead atoms. The lowest BCUT2D eigenvalue weighted by Gasteiger charge is -2.04. The van der Waals surface area contributed by atoms with Crippen LogP contribution < -0.4 is 5.32 Å². The predicted molar refractivity (Wildman–Crippen MR) is 89.0 cm³/mol. The number of halogens is 1. The second-order valence-electron chi connectivity index (χ2n) is 4.59. The Kier molecular flexibility index (Phi) is 4.65. The molecule has 0 unspecified atom stereocenters. The lowest BCUT2D eigenvalue weighted by molar-refractivity contribution is -0.118. The maximum absolute atomic E-state index is 12.9. The molecule has 7 heteroatoms. The first-order valence-corrected chi connectivity index (χ1v) is 8.33. The molecule has 1 aromatic carbocycles. The average molecular weight is 333 g/mol. The number of nitrogens with one attached hydrogen (secondary N) is 1. The van der Waals surface area contributed by atoms with E-state index in [4.69, 9.17) is 0 Å². The van der Waals surface area contributed by atoms with Crippen LogP contribution in [0.2, 0.25) is 0 Å². The minimum absolute atomic E-state index is 0.0978. The third-order valence-electron chi connectivity index (χ3n) is 2.99. The standard InChI is InChI=1S/C15H12FN3OS2/c16-11-5-3-10(4-6-11)8-13-14(20)18-15(22-13)19-17-9-12-2-1-7-21-12/h1-7,9,13H,8H2,(H,18,19,20)/b17-9+/t13-/m1/s1. The van der Waals surface area contributed by atoms with E-state index < -0.39 is 0 Å². The molecule has 4 nitrogen and oxygen atoms in total. The predicted octanol–water partition coefficient (Wildman–Crippen LogP) is 3.05. The van der Waals surface area contributed by atoms with Crippen LogP contribution in [0.25, 0.3) is 0 Å². The van der Waals surface area contributed by atoms with Crippen molar-refractivity contribution >= 4 is 40.4 Å². The Morgan fingerprint density at radius 3 is 2.82 bits per heavy atom. The van der Waals surface area contributed by atoms with E-state index in [0.29, 0.717) is 11.6 Å². The topological polar surface area (TPSA) is 53.8 Å². The van der Waals surface area contributed by atoms with Gasteiger partial charge in [-0.15, -0.1) is 16.4 Å². The fourth-order valence-electron chi connectivity index (χ4n) is 1.92. The number of hydrogen-bond donors (Lipinski definition) is 1. The Labute approximate surface area is 135 Å². The van der Waals surface area contributed by atoms with E-state index in [1.807, 2.05) is 17.5 Å². The molecular formula is C15H12FN3OS2. The molecule has 1 aliphatic heterocycles. The summed E-state index contributed by atoms with van der Waals surface area (Å²) in [5.41, 5.74) is 0.914. The van der Waals surface area contributed by atoms with Gasteiger partial charge in [-0.2, -0.15) is 5.10 Å². The van der Waals surface area contributed by atoms with Crippen LogP contribution in [0.15, 0.2) is 52.0 Å². The van der Waals surface area contributed by atoms with E-state index in [-0.39, 0.29) is 17.0 Å². The SMILES string of the molecule is O=C1N/C(=N\N=C\c2cccs2)S[C@@H]1Cc1ccc(F)cc1. The molecule has 1 aromatic heterocycles. The summed E-state index contributed by atoms with van der Waals surface area (Å²) in [6, 6.07) is 10.0. The van der Waals surface area contributed by atoms with Crippen molar-refractivity contribution in [2.24, 2.45) is 10.2 Å². The summed E-state index contributed by atoms with van der Waals surface area (Å²) in [7, 11) is 0. The van der Waals surface area contributed by atoms with Crippen LogP contribution >= 0.6 is 23.1 Å². The molecule has 1 aliphatic rings. The zero-order valence-electron chi connectivity index (χ0n) is 11.4. The average Bonchev–Trinajstić information content (AvgIpc) is 3.12. The first-order chi connectivity index (χ1) is 10.7. The van der Waals surface area contributed by atoms with Crippen molar-refractivity contribution in [2.45, 2.75) is 11.7 Å². The van der Waals surface area contributed by atoms with Crippen LogP contribution in [0.1, 0.15) is 10.4 Å². The first-order valence-electron chi connectivity index (χ1n) is 6.57. The highest BCUT2D eigenvalue weighted by atomic mass is 32.2. The van der Waals surface area contributed by atoms with Crippen molar-refractivity contribution in [2.75, 3.05) is 0 Å². The van der Waals surface area contributed by atoms with Crippen molar-refractivity contribution in [1.29, 1.82) is 0 Å². The van der Waals surface area contributed by atoms with E-state index >= 15 is 0 Å². The fraction of sp³-hybridized carbons (Fsp3) is 0.133. The molecule has 1 fully saturated rings. The molecule has 2 aromatic rings. The number of nitrogens with zero attached hydrogens (tertiary/aromatic N) is 2. The molecule has 3 rings (SSSR count). The van der Waals surface area contributed by atoms with Crippen molar-refractivity contribution in [1.82, 2.24) is 5.32 Å². The quantitative estimate of drug-likeness (QED) is 0.691. The third-order valence-corrected chi connectivity index (χ3v) is 4.87. The van der Waals surface area contributed by atoms with E-state index in [9.17, 15) is 9.18 Å².